The van der Waals surface area contributed by atoms with Crippen LogP contribution in [0.1, 0.15) is 25.7 Å². The molecule has 0 aromatic carbocycles. The summed E-state index contributed by atoms with van der Waals surface area (Å²) in [5.74, 6) is 0.447. The first-order valence-corrected chi connectivity index (χ1v) is 5.99. The van der Waals surface area contributed by atoms with Crippen molar-refractivity contribution in [3.63, 3.8) is 0 Å². The van der Waals surface area contributed by atoms with Gasteiger partial charge in [0.15, 0.2) is 0 Å². The lowest BCUT2D eigenvalue weighted by atomic mass is 10.1. The minimum Gasteiger partial charge on any atom is -0.366 e. The summed E-state index contributed by atoms with van der Waals surface area (Å²) in [7, 11) is 0. The Morgan fingerprint density at radius 3 is 2.11 bits per heavy atom. The molecule has 0 saturated heterocycles. The maximum Gasteiger partial charge on any atom is 0.389 e. The Morgan fingerprint density at radius 2 is 1.74 bits per heavy atom. The van der Waals surface area contributed by atoms with Crippen molar-refractivity contribution >= 4 is 17.7 Å². The van der Waals surface area contributed by atoms with E-state index in [2.05, 4.69) is 5.92 Å². The van der Waals surface area contributed by atoms with E-state index in [0.717, 1.165) is 0 Å². The first-order chi connectivity index (χ1) is 8.71. The van der Waals surface area contributed by atoms with Crippen molar-refractivity contribution in [2.45, 2.75) is 36.9 Å². The Bertz CT molecular complexity index is 319. The number of amides is 1. The Balaban J connectivity index is 0. The molecule has 0 spiro atoms. The van der Waals surface area contributed by atoms with Gasteiger partial charge in [-0.15, -0.1) is 24.1 Å². The highest BCUT2D eigenvalue weighted by atomic mass is 32.2. The van der Waals surface area contributed by atoms with Crippen LogP contribution in [0.15, 0.2) is 0 Å². The summed E-state index contributed by atoms with van der Waals surface area (Å²) >= 11 is 0.279. The lowest BCUT2D eigenvalue weighted by Crippen LogP contribution is -2.37. The van der Waals surface area contributed by atoms with Gasteiger partial charge in [0.25, 0.3) is 5.91 Å². The Labute approximate surface area is 111 Å². The van der Waals surface area contributed by atoms with Crippen LogP contribution in [0.3, 0.4) is 0 Å². The smallest absolute Gasteiger partial charge is 0.366 e. The maximum absolute atomic E-state index is 13.9. The maximum atomic E-state index is 13.9. The van der Waals surface area contributed by atoms with Gasteiger partial charge in [0.05, 0.1) is 6.42 Å². The van der Waals surface area contributed by atoms with Gasteiger partial charge in [-0.2, -0.15) is 13.2 Å². The molecule has 1 amide bonds. The third-order valence-corrected chi connectivity index (χ3v) is 3.17. The second kappa shape index (κ2) is 9.61. The van der Waals surface area contributed by atoms with Gasteiger partial charge in [0.1, 0.15) is 0 Å². The zero-order valence-electron chi connectivity index (χ0n) is 9.84. The van der Waals surface area contributed by atoms with E-state index in [1.807, 2.05) is 0 Å². The van der Waals surface area contributed by atoms with Gasteiger partial charge < -0.3 is 5.73 Å². The molecule has 0 aromatic rings. The number of primary amides is 1. The molecule has 0 heterocycles. The molecule has 110 valence electrons. The number of nitrogens with two attached hydrogens (primary N) is 1. The van der Waals surface area contributed by atoms with Crippen LogP contribution in [0, 0.1) is 22.3 Å². The molecule has 0 aliphatic carbocycles. The van der Waals surface area contributed by atoms with Gasteiger partial charge in [-0.05, 0) is 6.42 Å². The van der Waals surface area contributed by atoms with Crippen molar-refractivity contribution in [3.05, 3.63) is 9.93 Å². The third-order valence-electron chi connectivity index (χ3n) is 1.90. The van der Waals surface area contributed by atoms with Crippen LogP contribution in [0.2, 0.25) is 0 Å². The zero-order chi connectivity index (χ0) is 15.5. The second-order valence-electron chi connectivity index (χ2n) is 3.36. The number of halogens is 4. The average Bonchev–Trinajstić information content (AvgIpc) is 2.30. The van der Waals surface area contributed by atoms with Crippen LogP contribution in [-0.4, -0.2) is 22.8 Å². The number of rotatable bonds is 7. The average molecular weight is 303 g/mol. The molecule has 0 fully saturated rings. The fourth-order valence-electron chi connectivity index (χ4n) is 1.01. The number of unbranched alkanes of at least 4 members (excludes halogenated alkanes) is 1. The summed E-state index contributed by atoms with van der Waals surface area (Å²) < 4.78 is 49.4. The van der Waals surface area contributed by atoms with E-state index in [4.69, 9.17) is 22.1 Å². The first-order valence-electron chi connectivity index (χ1n) is 5.01. The van der Waals surface area contributed by atoms with E-state index in [0.29, 0.717) is 0 Å². The highest BCUT2D eigenvalue weighted by Gasteiger charge is 2.38. The van der Waals surface area contributed by atoms with Crippen LogP contribution in [-0.2, 0) is 4.79 Å². The van der Waals surface area contributed by atoms with Gasteiger partial charge in [-0.1, -0.05) is 0 Å². The van der Waals surface area contributed by atoms with Crippen molar-refractivity contribution < 1.29 is 22.4 Å². The monoisotopic (exact) mass is 303 g/mol. The minimum absolute atomic E-state index is 0.203. The van der Waals surface area contributed by atoms with Gasteiger partial charge >= 0.3 is 6.18 Å². The molecule has 1 atom stereocenters. The van der Waals surface area contributed by atoms with Crippen molar-refractivity contribution in [1.29, 1.82) is 0 Å². The lowest BCUT2D eigenvalue weighted by Gasteiger charge is -2.21. The molecule has 9 heteroatoms. The predicted octanol–water partition coefficient (Wildman–Crippen LogP) is 2.69. The predicted molar refractivity (Wildman–Crippen MR) is 65.6 cm³/mol. The minimum atomic E-state index is -4.37. The fourth-order valence-corrected chi connectivity index (χ4v) is 2.10. The summed E-state index contributed by atoms with van der Waals surface area (Å²) in [5, 5.41) is -2.47. The lowest BCUT2D eigenvalue weighted by molar-refractivity contribution is -0.130. The zero-order valence-corrected chi connectivity index (χ0v) is 10.7. The van der Waals surface area contributed by atoms with Gasteiger partial charge in [0, 0.05) is 28.5 Å². The molecule has 0 saturated carbocycles. The topological polar surface area (TPSA) is 77.2 Å². The first kappa shape index (κ1) is 20.0. The Hall–Kier alpha value is -1.30. The Kier molecular flexibility index (Phi) is 10.1. The largest absolute Gasteiger partial charge is 0.389 e. The van der Waals surface area contributed by atoms with E-state index in [9.17, 15) is 22.4 Å². The van der Waals surface area contributed by atoms with E-state index in [-0.39, 0.29) is 31.0 Å². The number of alkyl halides is 4. The second-order valence-corrected chi connectivity index (χ2v) is 4.71. The number of thioether (sulfide) groups is 1. The normalized spacial score (nSPS) is 13.6. The molecule has 0 aliphatic rings. The third kappa shape index (κ3) is 10.3. The van der Waals surface area contributed by atoms with E-state index in [1.54, 1.807) is 0 Å². The number of terminal acetylenes is 1. The fraction of sp³-hybridized carbons (Fsp3) is 0.700. The summed E-state index contributed by atoms with van der Waals surface area (Å²) in [6.45, 7) is 0. The van der Waals surface area contributed by atoms with Crippen LogP contribution in [0.5, 0.6) is 0 Å². The standard InChI is InChI=1S/C10H13F4NOS.O2/c1-2-3-4-5-9(11,8(15)16)17-7-6-10(12,13)14;1-2/h1H,3-7H2,(H2,15,16);. The molecule has 0 aliphatic heterocycles. The molecular weight excluding hydrogens is 290 g/mol. The van der Waals surface area contributed by atoms with Crippen molar-refractivity contribution in [1.82, 2.24) is 0 Å². The quantitative estimate of drug-likeness (QED) is 0.445. The molecule has 0 aromatic heterocycles. The van der Waals surface area contributed by atoms with Gasteiger partial charge in [-0.3, -0.25) is 4.79 Å². The van der Waals surface area contributed by atoms with Crippen LogP contribution >= 0.6 is 11.8 Å². The Morgan fingerprint density at radius 1 is 1.21 bits per heavy atom. The van der Waals surface area contributed by atoms with Crippen LogP contribution < -0.4 is 5.73 Å². The molecule has 2 N–H and O–H groups in total. The molecular formula is C10H13F4NO3S. The van der Waals surface area contributed by atoms with Gasteiger partial charge in [-0.25, -0.2) is 4.39 Å². The number of carbonyl (C=O) groups is 1. The molecule has 4 nitrogen and oxygen atoms in total. The highest BCUT2D eigenvalue weighted by molar-refractivity contribution is 8.01. The summed E-state index contributed by atoms with van der Waals surface area (Å²) in [4.78, 5) is 24.9. The van der Waals surface area contributed by atoms with Crippen molar-refractivity contribution in [3.8, 4) is 12.3 Å². The summed E-state index contributed by atoms with van der Waals surface area (Å²) in [6, 6.07) is 0. The highest BCUT2D eigenvalue weighted by Crippen LogP contribution is 2.35. The van der Waals surface area contributed by atoms with E-state index < -0.39 is 29.3 Å². The summed E-state index contributed by atoms with van der Waals surface area (Å²) in [6.07, 6.45) is -0.401. The van der Waals surface area contributed by atoms with Crippen molar-refractivity contribution in [2.75, 3.05) is 5.75 Å². The number of hydrogen-bond donors (Lipinski definition) is 1. The van der Waals surface area contributed by atoms with E-state index in [1.165, 1.54) is 0 Å². The van der Waals surface area contributed by atoms with Crippen LogP contribution in [0.25, 0.3) is 0 Å². The SMILES string of the molecule is C#CCCCC(F)(SCCC(F)(F)F)C(N)=O.O=O. The molecule has 0 bridgehead atoms. The van der Waals surface area contributed by atoms with Crippen molar-refractivity contribution in [2.24, 2.45) is 5.73 Å². The molecule has 0 radical (unpaired) electrons. The van der Waals surface area contributed by atoms with Gasteiger partial charge in [0.2, 0.25) is 5.00 Å². The molecule has 1 unspecified atom stereocenters. The summed E-state index contributed by atoms with van der Waals surface area (Å²) in [5.41, 5.74) is 4.84. The number of carbonyl (C=O) groups excluding carboxylic acids is 1. The molecule has 19 heavy (non-hydrogen) atoms. The molecule has 0 rings (SSSR count). The van der Waals surface area contributed by atoms with E-state index >= 15 is 0 Å². The van der Waals surface area contributed by atoms with Crippen LogP contribution in [0.4, 0.5) is 17.6 Å². The number of hydrogen-bond acceptors (Lipinski definition) is 4.